The molecule has 2 aromatic rings. The number of carbonyl (C=O) groups excluding carboxylic acids is 1. The van der Waals surface area contributed by atoms with E-state index in [9.17, 15) is 10.1 Å². The molecule has 1 amide bonds. The lowest BCUT2D eigenvalue weighted by atomic mass is 10.1. The van der Waals surface area contributed by atoms with Crippen molar-refractivity contribution in [3.63, 3.8) is 0 Å². The molecule has 0 bridgehead atoms. The van der Waals surface area contributed by atoms with Crippen LogP contribution in [-0.2, 0) is 11.2 Å². The van der Waals surface area contributed by atoms with Crippen molar-refractivity contribution in [1.29, 1.82) is 5.26 Å². The van der Waals surface area contributed by atoms with Crippen LogP contribution in [0.2, 0.25) is 0 Å². The Bertz CT molecular complexity index is 828. The van der Waals surface area contributed by atoms with Gasteiger partial charge in [0.2, 0.25) is 0 Å². The lowest BCUT2D eigenvalue weighted by Gasteiger charge is -2.27. The van der Waals surface area contributed by atoms with Gasteiger partial charge in [-0.15, -0.1) is 0 Å². The Kier molecular flexibility index (Phi) is 6.85. The zero-order chi connectivity index (χ0) is 18.9. The predicted molar refractivity (Wildman–Crippen MR) is 106 cm³/mol. The molecule has 142 valence electrons. The summed E-state index contributed by atoms with van der Waals surface area (Å²) < 4.78 is 0. The molecule has 7 heteroatoms. The highest BCUT2D eigenvalue weighted by Gasteiger charge is 2.11. The van der Waals surface area contributed by atoms with Gasteiger partial charge in [0.25, 0.3) is 5.91 Å². The van der Waals surface area contributed by atoms with Gasteiger partial charge in [0.05, 0.1) is 0 Å². The molecule has 0 saturated carbocycles. The van der Waals surface area contributed by atoms with Crippen molar-refractivity contribution in [2.24, 2.45) is 0 Å². The average molecular weight is 366 g/mol. The van der Waals surface area contributed by atoms with E-state index in [0.29, 0.717) is 13.1 Å². The van der Waals surface area contributed by atoms with E-state index in [1.165, 1.54) is 17.1 Å². The van der Waals surface area contributed by atoms with Crippen LogP contribution in [0, 0.1) is 11.3 Å². The maximum Gasteiger partial charge on any atom is 0.263 e. The average Bonchev–Trinajstić information content (AvgIpc) is 3.12. The van der Waals surface area contributed by atoms with Crippen LogP contribution in [0.4, 0.5) is 0 Å². The summed E-state index contributed by atoms with van der Waals surface area (Å²) in [5, 5.41) is 19.6. The number of para-hydroxylation sites is 1. The smallest absolute Gasteiger partial charge is 0.263 e. The van der Waals surface area contributed by atoms with Gasteiger partial charge >= 0.3 is 0 Å². The topological polar surface area (TPSA) is 96.0 Å². The SMILES string of the molecule is N#C/C(=C/NCCc1c[nH]c2ccccc12)C(=O)NCCN1CCNCC1. The Morgan fingerprint density at radius 2 is 2.07 bits per heavy atom. The highest BCUT2D eigenvalue weighted by molar-refractivity contribution is 5.97. The summed E-state index contributed by atoms with van der Waals surface area (Å²) in [6.07, 6.45) is 4.32. The highest BCUT2D eigenvalue weighted by atomic mass is 16.1. The number of hydrogen-bond acceptors (Lipinski definition) is 5. The minimum Gasteiger partial charge on any atom is -0.389 e. The normalized spacial score (nSPS) is 15.4. The Morgan fingerprint density at radius 3 is 2.89 bits per heavy atom. The zero-order valence-corrected chi connectivity index (χ0v) is 15.4. The fourth-order valence-electron chi connectivity index (χ4n) is 3.23. The van der Waals surface area contributed by atoms with Gasteiger partial charge < -0.3 is 20.9 Å². The molecule has 1 saturated heterocycles. The Labute approximate surface area is 159 Å². The lowest BCUT2D eigenvalue weighted by molar-refractivity contribution is -0.117. The molecule has 4 N–H and O–H groups in total. The van der Waals surface area contributed by atoms with Gasteiger partial charge in [-0.2, -0.15) is 5.26 Å². The van der Waals surface area contributed by atoms with E-state index >= 15 is 0 Å². The lowest BCUT2D eigenvalue weighted by Crippen LogP contribution is -2.46. The van der Waals surface area contributed by atoms with Crippen LogP contribution in [0.5, 0.6) is 0 Å². The number of nitrogens with one attached hydrogen (secondary N) is 4. The summed E-state index contributed by atoms with van der Waals surface area (Å²) in [5.41, 5.74) is 2.43. The van der Waals surface area contributed by atoms with Gasteiger partial charge in [-0.25, -0.2) is 0 Å². The third kappa shape index (κ3) is 5.33. The fourth-order valence-corrected chi connectivity index (χ4v) is 3.23. The molecule has 0 unspecified atom stereocenters. The summed E-state index contributed by atoms with van der Waals surface area (Å²) in [6, 6.07) is 10.1. The summed E-state index contributed by atoms with van der Waals surface area (Å²) in [4.78, 5) is 17.7. The predicted octanol–water partition coefficient (Wildman–Crippen LogP) is 0.729. The molecule has 3 rings (SSSR count). The van der Waals surface area contributed by atoms with Gasteiger partial charge in [-0.3, -0.25) is 9.69 Å². The van der Waals surface area contributed by atoms with Crippen LogP contribution in [-0.4, -0.2) is 61.6 Å². The molecular weight excluding hydrogens is 340 g/mol. The number of carbonyl (C=O) groups is 1. The van der Waals surface area contributed by atoms with Gasteiger partial charge in [0, 0.05) is 69.1 Å². The van der Waals surface area contributed by atoms with Gasteiger partial charge in [0.15, 0.2) is 0 Å². The summed E-state index contributed by atoms with van der Waals surface area (Å²) in [6.45, 7) is 5.96. The van der Waals surface area contributed by atoms with E-state index in [-0.39, 0.29) is 11.5 Å². The van der Waals surface area contributed by atoms with E-state index in [1.54, 1.807) is 0 Å². The molecule has 0 radical (unpaired) electrons. The van der Waals surface area contributed by atoms with Crippen molar-refractivity contribution in [1.82, 2.24) is 25.8 Å². The second kappa shape index (κ2) is 9.76. The van der Waals surface area contributed by atoms with E-state index in [1.807, 2.05) is 30.5 Å². The van der Waals surface area contributed by atoms with Crippen LogP contribution >= 0.6 is 0 Å². The van der Waals surface area contributed by atoms with Crippen LogP contribution < -0.4 is 16.0 Å². The number of nitrogens with zero attached hydrogens (tertiary/aromatic N) is 2. The molecule has 1 aliphatic heterocycles. The molecule has 1 fully saturated rings. The van der Waals surface area contributed by atoms with E-state index in [4.69, 9.17) is 0 Å². The van der Waals surface area contributed by atoms with Crippen molar-refractivity contribution >= 4 is 16.8 Å². The number of nitriles is 1. The number of H-pyrrole nitrogens is 1. The van der Waals surface area contributed by atoms with Crippen molar-refractivity contribution < 1.29 is 4.79 Å². The van der Waals surface area contributed by atoms with Crippen molar-refractivity contribution in [2.45, 2.75) is 6.42 Å². The van der Waals surface area contributed by atoms with Crippen molar-refractivity contribution in [2.75, 3.05) is 45.8 Å². The number of hydrogen-bond donors (Lipinski definition) is 4. The van der Waals surface area contributed by atoms with Crippen molar-refractivity contribution in [3.8, 4) is 6.07 Å². The monoisotopic (exact) mass is 366 g/mol. The van der Waals surface area contributed by atoms with Gasteiger partial charge in [-0.05, 0) is 18.1 Å². The Balaban J connectivity index is 1.42. The minimum absolute atomic E-state index is 0.106. The van der Waals surface area contributed by atoms with E-state index < -0.39 is 0 Å². The quantitative estimate of drug-likeness (QED) is 0.314. The molecule has 2 heterocycles. The van der Waals surface area contributed by atoms with Gasteiger partial charge in [-0.1, -0.05) is 18.2 Å². The zero-order valence-electron chi connectivity index (χ0n) is 15.4. The van der Waals surface area contributed by atoms with Crippen LogP contribution in [0.15, 0.2) is 42.2 Å². The fraction of sp³-hybridized carbons (Fsp3) is 0.400. The third-order valence-electron chi connectivity index (χ3n) is 4.75. The maximum absolute atomic E-state index is 12.1. The first kappa shape index (κ1) is 19.0. The molecule has 0 aliphatic carbocycles. The third-order valence-corrected chi connectivity index (χ3v) is 4.75. The molecule has 1 aromatic carbocycles. The molecule has 0 atom stereocenters. The largest absolute Gasteiger partial charge is 0.389 e. The molecule has 1 aromatic heterocycles. The molecule has 1 aliphatic rings. The maximum atomic E-state index is 12.1. The highest BCUT2D eigenvalue weighted by Crippen LogP contribution is 2.17. The summed E-state index contributed by atoms with van der Waals surface area (Å²) in [5.74, 6) is -0.327. The van der Waals surface area contributed by atoms with Crippen LogP contribution in [0.25, 0.3) is 10.9 Å². The van der Waals surface area contributed by atoms with Crippen LogP contribution in [0.1, 0.15) is 5.56 Å². The molecule has 27 heavy (non-hydrogen) atoms. The number of amides is 1. The number of piperazine rings is 1. The first-order chi connectivity index (χ1) is 13.3. The second-order valence-electron chi connectivity index (χ2n) is 6.58. The standard InChI is InChI=1S/C20H26N6O/c21-13-17(20(27)24-9-12-26-10-7-22-8-11-26)14-23-6-5-16-15-25-19-4-2-1-3-18(16)19/h1-4,14-15,22-23,25H,5-12H2,(H,24,27)/b17-14-. The molecule has 7 nitrogen and oxygen atoms in total. The number of benzene rings is 1. The minimum atomic E-state index is -0.327. The van der Waals surface area contributed by atoms with Gasteiger partial charge in [0.1, 0.15) is 11.6 Å². The van der Waals surface area contributed by atoms with E-state index in [0.717, 1.165) is 44.7 Å². The Morgan fingerprint density at radius 1 is 1.26 bits per heavy atom. The summed E-state index contributed by atoms with van der Waals surface area (Å²) in [7, 11) is 0. The summed E-state index contributed by atoms with van der Waals surface area (Å²) >= 11 is 0. The van der Waals surface area contributed by atoms with Crippen molar-refractivity contribution in [3.05, 3.63) is 47.8 Å². The first-order valence-electron chi connectivity index (χ1n) is 9.38. The first-order valence-corrected chi connectivity index (χ1v) is 9.38. The van der Waals surface area contributed by atoms with E-state index in [2.05, 4.69) is 31.9 Å². The van der Waals surface area contributed by atoms with Crippen LogP contribution in [0.3, 0.4) is 0 Å². The number of aromatic nitrogens is 1. The number of aromatic amines is 1. The molecular formula is C20H26N6O. The molecule has 0 spiro atoms. The number of fused-ring (bicyclic) bond motifs is 1. The number of rotatable bonds is 8. The Hall–Kier alpha value is -2.82. The second-order valence-corrected chi connectivity index (χ2v) is 6.58.